The Labute approximate surface area is 235 Å². The van der Waals surface area contributed by atoms with Gasteiger partial charge in [0, 0.05) is 29.8 Å². The molecule has 4 aromatic rings. The number of carbonyl (C=O) groups excluding carboxylic acids is 2. The molecule has 1 atom stereocenters. The van der Waals surface area contributed by atoms with Crippen LogP contribution in [-0.2, 0) is 9.59 Å². The van der Waals surface area contributed by atoms with Crippen LogP contribution in [0.3, 0.4) is 0 Å². The van der Waals surface area contributed by atoms with Crippen LogP contribution in [0.2, 0.25) is 0 Å². The van der Waals surface area contributed by atoms with Crippen molar-refractivity contribution in [2.45, 2.75) is 5.25 Å². The summed E-state index contributed by atoms with van der Waals surface area (Å²) in [4.78, 5) is 30.1. The van der Waals surface area contributed by atoms with Crippen molar-refractivity contribution in [2.24, 2.45) is 0 Å². The van der Waals surface area contributed by atoms with Crippen LogP contribution in [-0.4, -0.2) is 66.0 Å². The summed E-state index contributed by atoms with van der Waals surface area (Å²) >= 11 is 1.29. The van der Waals surface area contributed by atoms with Gasteiger partial charge in [-0.3, -0.25) is 14.5 Å². The fraction of sp³-hybridized carbons (Fsp3) is 0.233. The van der Waals surface area contributed by atoms with E-state index < -0.39 is 16.9 Å². The number of nitrogens with one attached hydrogen (secondary N) is 1. The lowest BCUT2D eigenvalue weighted by atomic mass is 9.99. The molecule has 1 unspecified atom stereocenters. The predicted molar refractivity (Wildman–Crippen MR) is 154 cm³/mol. The second-order valence-corrected chi connectivity index (χ2v) is 10.8. The Morgan fingerprint density at radius 2 is 1.73 bits per heavy atom. The summed E-state index contributed by atoms with van der Waals surface area (Å²) in [7, 11) is 3.81. The number of thioether (sulfide) groups is 1. The molecule has 10 heteroatoms. The minimum atomic E-state index is -0.591. The van der Waals surface area contributed by atoms with Gasteiger partial charge in [0.05, 0.1) is 22.4 Å². The topological polar surface area (TPSA) is 70.5 Å². The summed E-state index contributed by atoms with van der Waals surface area (Å²) in [5.74, 6) is -1.08. The number of anilines is 1. The molecule has 1 N–H and O–H groups in total. The maximum absolute atomic E-state index is 15.3. The minimum absolute atomic E-state index is 0.0241. The van der Waals surface area contributed by atoms with Crippen molar-refractivity contribution in [1.82, 2.24) is 20.0 Å². The zero-order valence-electron chi connectivity index (χ0n) is 22.2. The number of rotatable bonds is 8. The Bertz CT molecular complexity index is 1510. The molecule has 1 aliphatic heterocycles. The summed E-state index contributed by atoms with van der Waals surface area (Å²) in [6.45, 7) is 0.812. The smallest absolute Gasteiger partial charge is 0.240 e. The Morgan fingerprint density at radius 1 is 1.02 bits per heavy atom. The number of aromatic nitrogens is 2. The monoisotopic (exact) mass is 561 g/mol. The molecule has 1 aromatic heterocycles. The van der Waals surface area contributed by atoms with Crippen LogP contribution in [0.25, 0.3) is 16.9 Å². The zero-order chi connectivity index (χ0) is 28.2. The third-order valence-electron chi connectivity index (χ3n) is 6.58. The fourth-order valence-corrected chi connectivity index (χ4v) is 5.86. The molecule has 2 heterocycles. The maximum atomic E-state index is 15.3. The molecule has 7 nitrogen and oxygen atoms in total. The summed E-state index contributed by atoms with van der Waals surface area (Å²) in [6.07, 6.45) is 0. The van der Waals surface area contributed by atoms with Gasteiger partial charge in [-0.2, -0.15) is 5.10 Å². The van der Waals surface area contributed by atoms with Gasteiger partial charge in [-0.1, -0.05) is 48.5 Å². The van der Waals surface area contributed by atoms with Crippen molar-refractivity contribution in [2.75, 3.05) is 44.4 Å². The number of halogens is 2. The summed E-state index contributed by atoms with van der Waals surface area (Å²) < 4.78 is 30.7. The van der Waals surface area contributed by atoms with Crippen molar-refractivity contribution in [3.8, 4) is 16.9 Å². The molecule has 0 bridgehead atoms. The molecular formula is C30H29F2N5O2S. The summed E-state index contributed by atoms with van der Waals surface area (Å²) in [5, 5.41) is 7.19. The first kappa shape index (κ1) is 27.5. The van der Waals surface area contributed by atoms with Gasteiger partial charge in [-0.05, 0) is 44.4 Å². The van der Waals surface area contributed by atoms with Crippen LogP contribution in [0.4, 0.5) is 14.6 Å². The lowest BCUT2D eigenvalue weighted by Gasteiger charge is -2.23. The predicted octanol–water partition coefficient (Wildman–Crippen LogP) is 4.66. The number of carbonyl (C=O) groups is 2. The largest absolute Gasteiger partial charge is 0.353 e. The number of nitrogens with zero attached hydrogens (tertiary/aromatic N) is 4. The molecule has 0 aliphatic carbocycles. The third-order valence-corrected chi connectivity index (χ3v) is 7.81. The molecule has 0 radical (unpaired) electrons. The highest BCUT2D eigenvalue weighted by atomic mass is 32.2. The van der Waals surface area contributed by atoms with E-state index in [1.807, 2.05) is 49.3 Å². The molecule has 0 fully saturated rings. The van der Waals surface area contributed by atoms with Gasteiger partial charge in [0.2, 0.25) is 11.8 Å². The normalized spacial score (nSPS) is 15.2. The molecule has 5 rings (SSSR count). The Kier molecular flexibility index (Phi) is 8.27. The molecule has 1 aliphatic rings. The van der Waals surface area contributed by atoms with Crippen molar-refractivity contribution < 1.29 is 18.4 Å². The average Bonchev–Trinajstić information content (AvgIpc) is 3.27. The van der Waals surface area contributed by atoms with E-state index in [0.717, 1.165) is 5.56 Å². The Morgan fingerprint density at radius 3 is 2.42 bits per heavy atom. The van der Waals surface area contributed by atoms with Gasteiger partial charge >= 0.3 is 0 Å². The first-order valence-electron chi connectivity index (χ1n) is 12.9. The van der Waals surface area contributed by atoms with E-state index >= 15 is 4.39 Å². The zero-order valence-corrected chi connectivity index (χ0v) is 23.0. The Hall–Kier alpha value is -4.02. The van der Waals surface area contributed by atoms with E-state index in [4.69, 9.17) is 5.10 Å². The lowest BCUT2D eigenvalue weighted by Crippen LogP contribution is -2.43. The van der Waals surface area contributed by atoms with Crippen molar-refractivity contribution in [3.63, 3.8) is 0 Å². The van der Waals surface area contributed by atoms with Crippen molar-refractivity contribution in [3.05, 3.63) is 102 Å². The second-order valence-electron chi connectivity index (χ2n) is 9.69. The molecular weight excluding hydrogens is 532 g/mol. The van der Waals surface area contributed by atoms with Crippen molar-refractivity contribution in [1.29, 1.82) is 0 Å². The van der Waals surface area contributed by atoms with Gasteiger partial charge in [-0.15, -0.1) is 11.8 Å². The quantitative estimate of drug-likeness (QED) is 0.339. The molecule has 206 valence electrons. The number of fused-ring (bicyclic) bond motifs is 1. The number of likely N-dealkylation sites (N-methyl/N-ethyl adjacent to an activating group) is 1. The van der Waals surface area contributed by atoms with Gasteiger partial charge in [-0.25, -0.2) is 13.5 Å². The van der Waals surface area contributed by atoms with E-state index in [2.05, 4.69) is 5.32 Å². The highest BCUT2D eigenvalue weighted by Crippen LogP contribution is 2.49. The highest BCUT2D eigenvalue weighted by molar-refractivity contribution is 8.00. The van der Waals surface area contributed by atoms with E-state index in [1.165, 1.54) is 34.9 Å². The van der Waals surface area contributed by atoms with Crippen LogP contribution >= 0.6 is 11.8 Å². The minimum Gasteiger partial charge on any atom is -0.353 e. The molecule has 0 spiro atoms. The van der Waals surface area contributed by atoms with Crippen LogP contribution < -0.4 is 10.2 Å². The second kappa shape index (κ2) is 12.0. The molecule has 0 saturated heterocycles. The van der Waals surface area contributed by atoms with Gasteiger partial charge < -0.3 is 10.2 Å². The molecule has 0 saturated carbocycles. The van der Waals surface area contributed by atoms with E-state index in [1.54, 1.807) is 35.0 Å². The summed E-state index contributed by atoms with van der Waals surface area (Å²) in [5.41, 5.74) is 2.84. The van der Waals surface area contributed by atoms with Crippen LogP contribution in [0.5, 0.6) is 0 Å². The third kappa shape index (κ3) is 5.78. The number of hydrogen-bond acceptors (Lipinski definition) is 5. The summed E-state index contributed by atoms with van der Waals surface area (Å²) in [6, 6.07) is 21.7. The van der Waals surface area contributed by atoms with E-state index in [0.29, 0.717) is 41.4 Å². The SMILES string of the molecule is CN(C)CCNC(=O)CN1C(=O)CSC(c2ccccc2F)c2c(-c3ccccc3)nn(-c3ccc(F)cc3)c21. The van der Waals surface area contributed by atoms with Crippen LogP contribution in [0.1, 0.15) is 16.4 Å². The standard InChI is InChI=1S/C30H29F2N5O2S/c1-35(2)17-16-33-25(38)18-36-26(39)19-40-29(23-10-6-7-11-24(23)32)27-28(20-8-4-3-5-9-20)34-37(30(27)36)22-14-12-21(31)13-15-22/h3-15,29H,16-19H2,1-2H3,(H,33,38). The van der Waals surface area contributed by atoms with Gasteiger partial charge in [0.1, 0.15) is 24.0 Å². The van der Waals surface area contributed by atoms with Crippen LogP contribution in [0.15, 0.2) is 78.9 Å². The first-order chi connectivity index (χ1) is 19.3. The number of hydrogen-bond donors (Lipinski definition) is 1. The van der Waals surface area contributed by atoms with E-state index in [-0.39, 0.29) is 24.1 Å². The lowest BCUT2D eigenvalue weighted by molar-refractivity contribution is -0.122. The average molecular weight is 562 g/mol. The van der Waals surface area contributed by atoms with Gasteiger partial charge in [0.25, 0.3) is 0 Å². The van der Waals surface area contributed by atoms with Crippen molar-refractivity contribution >= 4 is 29.4 Å². The Balaban J connectivity index is 1.73. The molecule has 40 heavy (non-hydrogen) atoms. The molecule has 2 amide bonds. The van der Waals surface area contributed by atoms with Crippen LogP contribution in [0, 0.1) is 11.6 Å². The highest BCUT2D eigenvalue weighted by Gasteiger charge is 2.38. The number of amides is 2. The first-order valence-corrected chi connectivity index (χ1v) is 13.9. The molecule has 3 aromatic carbocycles. The van der Waals surface area contributed by atoms with E-state index in [9.17, 15) is 14.0 Å². The fourth-order valence-electron chi connectivity index (χ4n) is 4.64. The maximum Gasteiger partial charge on any atom is 0.240 e. The van der Waals surface area contributed by atoms with Gasteiger partial charge in [0.15, 0.2) is 0 Å². The number of benzene rings is 3.